The van der Waals surface area contributed by atoms with Gasteiger partial charge < -0.3 is 18.9 Å². The number of rotatable bonds is 3. The predicted octanol–water partition coefficient (Wildman–Crippen LogP) is 3.01. The zero-order valence-corrected chi connectivity index (χ0v) is 14.5. The molecular formula is C16H18O5S2. The fourth-order valence-corrected chi connectivity index (χ4v) is 6.95. The third-order valence-electron chi connectivity index (χ3n) is 4.39. The summed E-state index contributed by atoms with van der Waals surface area (Å²) in [5, 5.41) is 0. The van der Waals surface area contributed by atoms with Gasteiger partial charge in [-0.05, 0) is 30.1 Å². The second-order valence-electron chi connectivity index (χ2n) is 5.68. The van der Waals surface area contributed by atoms with E-state index < -0.39 is 0 Å². The van der Waals surface area contributed by atoms with E-state index in [9.17, 15) is 4.79 Å². The summed E-state index contributed by atoms with van der Waals surface area (Å²) in [5.74, 6) is 4.26. The third kappa shape index (κ3) is 2.45. The lowest BCUT2D eigenvalue weighted by atomic mass is 9.95. The normalized spacial score (nSPS) is 25.3. The molecule has 2 fully saturated rings. The molecule has 0 radical (unpaired) electrons. The number of hydrogen-bond acceptors (Lipinski definition) is 7. The molecule has 23 heavy (non-hydrogen) atoms. The molecule has 0 aliphatic carbocycles. The van der Waals surface area contributed by atoms with E-state index in [0.717, 1.165) is 22.8 Å². The van der Waals surface area contributed by atoms with Gasteiger partial charge in [-0.25, -0.2) is 0 Å². The van der Waals surface area contributed by atoms with Crippen molar-refractivity contribution in [1.82, 2.24) is 0 Å². The molecular weight excluding hydrogens is 336 g/mol. The van der Waals surface area contributed by atoms with Crippen LogP contribution in [0.1, 0.15) is 18.4 Å². The van der Waals surface area contributed by atoms with E-state index in [-0.39, 0.29) is 22.8 Å². The number of carbonyl (C=O) groups is 1. The van der Waals surface area contributed by atoms with Crippen LogP contribution < -0.4 is 14.2 Å². The van der Waals surface area contributed by atoms with Gasteiger partial charge in [-0.2, -0.15) is 0 Å². The Kier molecular flexibility index (Phi) is 4.01. The first-order valence-electron chi connectivity index (χ1n) is 7.65. The van der Waals surface area contributed by atoms with Crippen LogP contribution >= 0.6 is 23.5 Å². The molecule has 1 aromatic rings. The summed E-state index contributed by atoms with van der Waals surface area (Å²) in [4.78, 5) is 11.7. The maximum Gasteiger partial charge on any atom is 0.306 e. The van der Waals surface area contributed by atoms with Crippen molar-refractivity contribution in [2.24, 2.45) is 5.92 Å². The molecule has 3 aliphatic rings. The molecule has 7 heteroatoms. The maximum absolute atomic E-state index is 11.7. The van der Waals surface area contributed by atoms with Gasteiger partial charge in [0.05, 0.1) is 24.2 Å². The first-order valence-corrected chi connectivity index (χ1v) is 9.62. The van der Waals surface area contributed by atoms with Crippen LogP contribution in [0.25, 0.3) is 0 Å². The Labute approximate surface area is 143 Å². The fourth-order valence-electron chi connectivity index (χ4n) is 3.34. The Morgan fingerprint density at radius 3 is 2.74 bits per heavy atom. The molecule has 3 heterocycles. The quantitative estimate of drug-likeness (QED) is 0.773. The second-order valence-corrected chi connectivity index (χ2v) is 8.62. The molecule has 0 saturated carbocycles. The van der Waals surface area contributed by atoms with E-state index in [1.54, 1.807) is 7.11 Å². The molecule has 4 rings (SSSR count). The molecule has 0 unspecified atom stereocenters. The largest absolute Gasteiger partial charge is 0.492 e. The summed E-state index contributed by atoms with van der Waals surface area (Å²) in [6.07, 6.45) is 1.63. The fraction of sp³-hybridized carbons (Fsp3) is 0.562. The summed E-state index contributed by atoms with van der Waals surface area (Å²) < 4.78 is 21.8. The van der Waals surface area contributed by atoms with Crippen LogP contribution in [0.15, 0.2) is 12.1 Å². The van der Waals surface area contributed by atoms with Gasteiger partial charge >= 0.3 is 5.97 Å². The van der Waals surface area contributed by atoms with Crippen LogP contribution in [-0.2, 0) is 13.6 Å². The highest BCUT2D eigenvalue weighted by Crippen LogP contribution is 2.61. The number of fused-ring (bicyclic) bond motifs is 1. The van der Waals surface area contributed by atoms with Gasteiger partial charge in [-0.15, -0.1) is 23.5 Å². The first-order chi connectivity index (χ1) is 11.2. The van der Waals surface area contributed by atoms with Crippen molar-refractivity contribution in [3.63, 3.8) is 0 Å². The van der Waals surface area contributed by atoms with Crippen LogP contribution in [-0.4, -0.2) is 38.0 Å². The molecule has 0 bridgehead atoms. The van der Waals surface area contributed by atoms with Gasteiger partial charge in [0, 0.05) is 11.5 Å². The number of cyclic esters (lactones) is 1. The summed E-state index contributed by atoms with van der Waals surface area (Å²) in [6, 6.07) is 4.00. The van der Waals surface area contributed by atoms with Crippen molar-refractivity contribution >= 4 is 29.5 Å². The molecule has 0 aromatic heterocycles. The van der Waals surface area contributed by atoms with Crippen LogP contribution in [0.2, 0.25) is 0 Å². The first kappa shape index (κ1) is 15.3. The van der Waals surface area contributed by atoms with Crippen molar-refractivity contribution in [3.8, 4) is 17.2 Å². The maximum atomic E-state index is 11.7. The third-order valence-corrected chi connectivity index (χ3v) is 8.05. The lowest BCUT2D eigenvalue weighted by Crippen LogP contribution is -2.33. The molecule has 2 saturated heterocycles. The average molecular weight is 354 g/mol. The summed E-state index contributed by atoms with van der Waals surface area (Å²) in [6.45, 7) is 0.684. The van der Waals surface area contributed by atoms with E-state index in [1.807, 2.05) is 29.6 Å². The van der Waals surface area contributed by atoms with Crippen LogP contribution in [0.3, 0.4) is 0 Å². The summed E-state index contributed by atoms with van der Waals surface area (Å²) in [5.41, 5.74) is 1.07. The van der Waals surface area contributed by atoms with Gasteiger partial charge in [-0.1, -0.05) is 0 Å². The van der Waals surface area contributed by atoms with Crippen molar-refractivity contribution in [2.45, 2.75) is 16.9 Å². The topological polar surface area (TPSA) is 54.0 Å². The molecule has 1 aromatic carbocycles. The van der Waals surface area contributed by atoms with Gasteiger partial charge in [0.15, 0.2) is 11.5 Å². The Bertz CT molecular complexity index is 627. The molecule has 1 atom stereocenters. The van der Waals surface area contributed by atoms with Crippen molar-refractivity contribution in [2.75, 3.05) is 32.0 Å². The molecule has 0 amide bonds. The standard InChI is InChI=1S/C16H18O5S2/c1-18-14-11(3-4-12-15(14)21-9-20-12)16(22-5-2-6-23-16)10-7-13(17)19-8-10/h3-4,10H,2,5-9H2,1H3/t10-/m1/s1. The van der Waals surface area contributed by atoms with Gasteiger partial charge in [0.1, 0.15) is 0 Å². The van der Waals surface area contributed by atoms with Crippen molar-refractivity contribution < 1.29 is 23.7 Å². The number of carbonyl (C=O) groups excluding carboxylic acids is 1. The van der Waals surface area contributed by atoms with Gasteiger partial charge in [0.25, 0.3) is 0 Å². The zero-order valence-electron chi connectivity index (χ0n) is 12.8. The Balaban J connectivity index is 1.82. The highest BCUT2D eigenvalue weighted by Gasteiger charge is 2.49. The van der Waals surface area contributed by atoms with Crippen molar-refractivity contribution in [1.29, 1.82) is 0 Å². The molecule has 3 aliphatic heterocycles. The molecule has 0 spiro atoms. The van der Waals surface area contributed by atoms with Crippen LogP contribution in [0.5, 0.6) is 17.2 Å². The summed E-state index contributed by atoms with van der Waals surface area (Å²) in [7, 11) is 1.66. The Morgan fingerprint density at radius 2 is 2.04 bits per heavy atom. The average Bonchev–Trinajstić information content (AvgIpc) is 3.23. The number of esters is 1. The number of ether oxygens (including phenoxy) is 4. The molecule has 0 N–H and O–H groups in total. The molecule has 5 nitrogen and oxygen atoms in total. The predicted molar refractivity (Wildman–Crippen MR) is 89.4 cm³/mol. The van der Waals surface area contributed by atoms with Crippen LogP contribution in [0, 0.1) is 5.92 Å². The highest BCUT2D eigenvalue weighted by molar-refractivity contribution is 8.18. The monoisotopic (exact) mass is 354 g/mol. The Morgan fingerprint density at radius 1 is 1.22 bits per heavy atom. The van der Waals surface area contributed by atoms with Gasteiger partial charge in [0.2, 0.25) is 12.5 Å². The zero-order chi connectivity index (χ0) is 15.9. The van der Waals surface area contributed by atoms with Crippen LogP contribution in [0.4, 0.5) is 0 Å². The minimum absolute atomic E-state index is 0.110. The number of hydrogen-bond donors (Lipinski definition) is 0. The lowest BCUT2D eigenvalue weighted by Gasteiger charge is -2.40. The minimum atomic E-state index is -0.239. The minimum Gasteiger partial charge on any atom is -0.492 e. The smallest absolute Gasteiger partial charge is 0.306 e. The lowest BCUT2D eigenvalue weighted by molar-refractivity contribution is -0.137. The second kappa shape index (κ2) is 6.02. The van der Waals surface area contributed by atoms with E-state index in [2.05, 4.69) is 6.07 Å². The number of benzene rings is 1. The van der Waals surface area contributed by atoms with Gasteiger partial charge in [-0.3, -0.25) is 4.79 Å². The summed E-state index contributed by atoms with van der Waals surface area (Å²) >= 11 is 3.78. The van der Waals surface area contributed by atoms with Crippen molar-refractivity contribution in [3.05, 3.63) is 17.7 Å². The van der Waals surface area contributed by atoms with E-state index >= 15 is 0 Å². The van der Waals surface area contributed by atoms with E-state index in [0.29, 0.717) is 24.5 Å². The van der Waals surface area contributed by atoms with E-state index in [4.69, 9.17) is 18.9 Å². The number of thioether (sulfide) groups is 2. The Hall–Kier alpha value is -1.21. The highest BCUT2D eigenvalue weighted by atomic mass is 32.2. The van der Waals surface area contributed by atoms with E-state index in [1.165, 1.54) is 6.42 Å². The number of methoxy groups -OCH3 is 1. The SMILES string of the molecule is COc1c(C2([C@H]3COC(=O)C3)SCCCS2)ccc2c1OCO2. The molecule has 124 valence electrons.